The molecule has 0 aliphatic carbocycles. The predicted octanol–water partition coefficient (Wildman–Crippen LogP) is 3.61. The van der Waals surface area contributed by atoms with Crippen molar-refractivity contribution in [3.63, 3.8) is 0 Å². The molecule has 0 saturated carbocycles. The number of hydrogen-bond donors (Lipinski definition) is 1. The van der Waals surface area contributed by atoms with Gasteiger partial charge < -0.3 is 14.8 Å². The average Bonchev–Trinajstić information content (AvgIpc) is 2.96. The van der Waals surface area contributed by atoms with E-state index < -0.39 is 11.6 Å². The van der Waals surface area contributed by atoms with Gasteiger partial charge in [-0.3, -0.25) is 9.59 Å². The van der Waals surface area contributed by atoms with E-state index in [1.54, 1.807) is 45.0 Å². The molecule has 1 aromatic heterocycles. The van der Waals surface area contributed by atoms with Crippen molar-refractivity contribution in [2.75, 3.05) is 6.54 Å². The molecule has 0 atom stereocenters. The molecule has 0 aliphatic rings. The highest BCUT2D eigenvalue weighted by Gasteiger charge is 2.17. The first kappa shape index (κ1) is 17.0. The molecule has 1 aromatic carbocycles. The third kappa shape index (κ3) is 5.75. The lowest BCUT2D eigenvalue weighted by Gasteiger charge is -2.19. The minimum atomic E-state index is -0.573. The summed E-state index contributed by atoms with van der Waals surface area (Å²) >= 11 is 1.47. The van der Waals surface area contributed by atoms with E-state index in [-0.39, 0.29) is 12.5 Å². The molecule has 0 fully saturated rings. The van der Waals surface area contributed by atoms with Crippen molar-refractivity contribution in [3.05, 3.63) is 47.3 Å². The fraction of sp³-hybridized carbons (Fsp3) is 0.294. The highest BCUT2D eigenvalue weighted by atomic mass is 32.1. The smallest absolute Gasteiger partial charge is 0.325 e. The van der Waals surface area contributed by atoms with Crippen LogP contribution in [0, 0.1) is 0 Å². The number of carbonyl (C=O) groups excluding carboxylic acids is 2. The fourth-order valence-corrected chi connectivity index (χ4v) is 2.36. The molecule has 2 rings (SSSR count). The molecular formula is C17H19NO4S. The third-order valence-electron chi connectivity index (χ3n) is 2.62. The van der Waals surface area contributed by atoms with E-state index in [1.165, 1.54) is 11.3 Å². The first-order chi connectivity index (χ1) is 10.8. The van der Waals surface area contributed by atoms with Gasteiger partial charge in [-0.1, -0.05) is 6.07 Å². The summed E-state index contributed by atoms with van der Waals surface area (Å²) in [7, 11) is 0. The van der Waals surface area contributed by atoms with Gasteiger partial charge >= 0.3 is 5.97 Å². The number of thiophene rings is 1. The summed E-state index contributed by atoms with van der Waals surface area (Å²) in [5, 5.41) is 5.20. The lowest BCUT2D eigenvalue weighted by molar-refractivity contribution is -0.153. The van der Waals surface area contributed by atoms with E-state index in [9.17, 15) is 9.59 Å². The van der Waals surface area contributed by atoms with E-state index in [4.69, 9.17) is 9.47 Å². The summed E-state index contributed by atoms with van der Waals surface area (Å²) in [6.45, 7) is 5.15. The minimum absolute atomic E-state index is 0.174. The molecule has 1 heterocycles. The molecule has 0 unspecified atom stereocenters. The number of ether oxygens (including phenoxy) is 2. The van der Waals surface area contributed by atoms with Crippen molar-refractivity contribution >= 4 is 23.2 Å². The largest absolute Gasteiger partial charge is 0.459 e. The van der Waals surface area contributed by atoms with E-state index in [1.807, 2.05) is 17.5 Å². The Bertz CT molecular complexity index is 674. The van der Waals surface area contributed by atoms with Crippen LogP contribution in [0.15, 0.2) is 41.8 Å². The Morgan fingerprint density at radius 2 is 1.96 bits per heavy atom. The molecule has 23 heavy (non-hydrogen) atoms. The number of rotatable bonds is 5. The number of nitrogens with one attached hydrogen (secondary N) is 1. The molecule has 0 spiro atoms. The van der Waals surface area contributed by atoms with Gasteiger partial charge in [-0.05, 0) is 56.5 Å². The van der Waals surface area contributed by atoms with Crippen molar-refractivity contribution in [2.24, 2.45) is 0 Å². The van der Waals surface area contributed by atoms with Crippen LogP contribution in [0.1, 0.15) is 31.1 Å². The van der Waals surface area contributed by atoms with Gasteiger partial charge in [-0.2, -0.15) is 0 Å². The average molecular weight is 333 g/mol. The van der Waals surface area contributed by atoms with Crippen LogP contribution in [-0.4, -0.2) is 24.0 Å². The second-order valence-electron chi connectivity index (χ2n) is 5.83. The number of amides is 1. The molecule has 0 bridgehead atoms. The van der Waals surface area contributed by atoms with Gasteiger partial charge in [0.2, 0.25) is 0 Å². The molecule has 2 aromatic rings. The van der Waals surface area contributed by atoms with Crippen LogP contribution in [0.5, 0.6) is 10.8 Å². The Morgan fingerprint density at radius 3 is 2.61 bits per heavy atom. The topological polar surface area (TPSA) is 64.6 Å². The predicted molar refractivity (Wildman–Crippen MR) is 89.0 cm³/mol. The van der Waals surface area contributed by atoms with Gasteiger partial charge in [-0.25, -0.2) is 0 Å². The molecule has 1 amide bonds. The second kappa shape index (κ2) is 7.28. The maximum absolute atomic E-state index is 12.1. The molecule has 6 heteroatoms. The van der Waals surface area contributed by atoms with E-state index >= 15 is 0 Å². The van der Waals surface area contributed by atoms with Gasteiger partial charge in [0, 0.05) is 5.56 Å². The van der Waals surface area contributed by atoms with E-state index in [0.29, 0.717) is 11.3 Å². The van der Waals surface area contributed by atoms with Crippen LogP contribution in [0.4, 0.5) is 0 Å². The van der Waals surface area contributed by atoms with Crippen LogP contribution in [0.25, 0.3) is 0 Å². The summed E-state index contributed by atoms with van der Waals surface area (Å²) in [6.07, 6.45) is 0. The lowest BCUT2D eigenvalue weighted by atomic mass is 10.2. The van der Waals surface area contributed by atoms with Crippen LogP contribution < -0.4 is 10.1 Å². The normalized spacial score (nSPS) is 10.9. The SMILES string of the molecule is CC(C)(C)OC(=O)CNC(=O)c1cccc(Oc2cccs2)c1. The Balaban J connectivity index is 1.93. The second-order valence-corrected chi connectivity index (χ2v) is 6.74. The zero-order chi connectivity index (χ0) is 16.9. The summed E-state index contributed by atoms with van der Waals surface area (Å²) in [5.74, 6) is -0.262. The fourth-order valence-electron chi connectivity index (χ4n) is 1.77. The molecular weight excluding hydrogens is 314 g/mol. The zero-order valence-electron chi connectivity index (χ0n) is 13.3. The number of hydrogen-bond acceptors (Lipinski definition) is 5. The van der Waals surface area contributed by atoms with Gasteiger partial charge in [0.15, 0.2) is 5.06 Å². The molecule has 0 radical (unpaired) electrons. The third-order valence-corrected chi connectivity index (χ3v) is 3.37. The maximum Gasteiger partial charge on any atom is 0.325 e. The number of benzene rings is 1. The minimum Gasteiger partial charge on any atom is -0.459 e. The molecule has 1 N–H and O–H groups in total. The Morgan fingerprint density at radius 1 is 1.17 bits per heavy atom. The molecule has 5 nitrogen and oxygen atoms in total. The van der Waals surface area contributed by atoms with Gasteiger partial charge in [0.05, 0.1) is 0 Å². The van der Waals surface area contributed by atoms with Crippen molar-refractivity contribution in [3.8, 4) is 10.8 Å². The molecule has 0 saturated heterocycles. The molecule has 0 aliphatic heterocycles. The maximum atomic E-state index is 12.1. The highest BCUT2D eigenvalue weighted by molar-refractivity contribution is 7.11. The Labute approximate surface area is 139 Å². The lowest BCUT2D eigenvalue weighted by Crippen LogP contribution is -2.34. The van der Waals surface area contributed by atoms with Crippen molar-refractivity contribution < 1.29 is 19.1 Å². The zero-order valence-corrected chi connectivity index (χ0v) is 14.1. The number of esters is 1. The Hall–Kier alpha value is -2.34. The van der Waals surface area contributed by atoms with Gasteiger partial charge in [0.25, 0.3) is 5.91 Å². The van der Waals surface area contributed by atoms with Gasteiger partial charge in [0.1, 0.15) is 17.9 Å². The van der Waals surface area contributed by atoms with Gasteiger partial charge in [-0.15, -0.1) is 11.3 Å². The first-order valence-electron chi connectivity index (χ1n) is 7.15. The quantitative estimate of drug-likeness (QED) is 0.849. The number of carbonyl (C=O) groups is 2. The summed E-state index contributed by atoms with van der Waals surface area (Å²) in [6, 6.07) is 10.5. The summed E-state index contributed by atoms with van der Waals surface area (Å²) in [5.41, 5.74) is -0.154. The van der Waals surface area contributed by atoms with Crippen molar-refractivity contribution in [1.82, 2.24) is 5.32 Å². The monoisotopic (exact) mass is 333 g/mol. The summed E-state index contributed by atoms with van der Waals surface area (Å²) in [4.78, 5) is 23.7. The highest BCUT2D eigenvalue weighted by Crippen LogP contribution is 2.26. The van der Waals surface area contributed by atoms with Crippen LogP contribution in [0.3, 0.4) is 0 Å². The van der Waals surface area contributed by atoms with E-state index in [0.717, 1.165) is 5.06 Å². The van der Waals surface area contributed by atoms with Crippen LogP contribution in [-0.2, 0) is 9.53 Å². The van der Waals surface area contributed by atoms with Crippen LogP contribution in [0.2, 0.25) is 0 Å². The first-order valence-corrected chi connectivity index (χ1v) is 8.03. The molecule has 122 valence electrons. The van der Waals surface area contributed by atoms with Crippen LogP contribution >= 0.6 is 11.3 Å². The Kier molecular flexibility index (Phi) is 5.39. The van der Waals surface area contributed by atoms with E-state index in [2.05, 4.69) is 5.32 Å². The standard InChI is InChI=1S/C17H19NO4S/c1-17(2,3)22-14(19)11-18-16(20)12-6-4-7-13(10-12)21-15-8-5-9-23-15/h4-10H,11H2,1-3H3,(H,18,20). The van der Waals surface area contributed by atoms with Crippen molar-refractivity contribution in [1.29, 1.82) is 0 Å². The summed E-state index contributed by atoms with van der Waals surface area (Å²) < 4.78 is 10.8. The van der Waals surface area contributed by atoms with Crippen molar-refractivity contribution in [2.45, 2.75) is 26.4 Å².